The number of hydrogen-bond donors (Lipinski definition) is 0. The smallest absolute Gasteiger partial charge is 0.0637 e. The first-order valence-electron chi connectivity index (χ1n) is 5.72. The lowest BCUT2D eigenvalue weighted by Gasteiger charge is -2.14. The number of benzene rings is 2. The third-order valence-electron chi connectivity index (χ3n) is 2.83. The van der Waals surface area contributed by atoms with E-state index in [1.807, 2.05) is 36.4 Å². The van der Waals surface area contributed by atoms with E-state index in [2.05, 4.69) is 18.4 Å². The predicted octanol–water partition coefficient (Wildman–Crippen LogP) is 5.58. The van der Waals surface area contributed by atoms with Crippen molar-refractivity contribution in [2.75, 3.05) is 6.26 Å². The van der Waals surface area contributed by atoms with E-state index in [1.165, 1.54) is 10.5 Å². The minimum absolute atomic E-state index is 0.0476. The standard InChI is InChI=1S/C15H14Cl2S/c1-18-15-9-5-3-7-12(15)14(17)10-11-6-2-4-8-13(11)16/h2-9,14H,10H2,1H3. The number of rotatable bonds is 4. The monoisotopic (exact) mass is 296 g/mol. The highest BCUT2D eigenvalue weighted by Crippen LogP contribution is 2.33. The van der Waals surface area contributed by atoms with Gasteiger partial charge in [-0.25, -0.2) is 0 Å². The number of alkyl halides is 1. The van der Waals surface area contributed by atoms with Crippen molar-refractivity contribution < 1.29 is 0 Å². The average molecular weight is 297 g/mol. The molecule has 0 bridgehead atoms. The average Bonchev–Trinajstić information content (AvgIpc) is 2.41. The first kappa shape index (κ1) is 13.8. The quantitative estimate of drug-likeness (QED) is 0.524. The zero-order valence-corrected chi connectivity index (χ0v) is 12.4. The summed E-state index contributed by atoms with van der Waals surface area (Å²) in [6.07, 6.45) is 2.82. The fraction of sp³-hybridized carbons (Fsp3) is 0.200. The Kier molecular flexibility index (Phi) is 4.99. The molecule has 0 heterocycles. The summed E-state index contributed by atoms with van der Waals surface area (Å²) in [5.74, 6) is 0. The van der Waals surface area contributed by atoms with E-state index in [0.717, 1.165) is 17.0 Å². The van der Waals surface area contributed by atoms with Crippen LogP contribution in [0.15, 0.2) is 53.4 Å². The van der Waals surface area contributed by atoms with Gasteiger partial charge in [0.05, 0.1) is 5.38 Å². The van der Waals surface area contributed by atoms with E-state index in [1.54, 1.807) is 11.8 Å². The number of hydrogen-bond acceptors (Lipinski definition) is 1. The van der Waals surface area contributed by atoms with Gasteiger partial charge in [-0.2, -0.15) is 0 Å². The summed E-state index contributed by atoms with van der Waals surface area (Å²) in [6.45, 7) is 0. The molecule has 0 N–H and O–H groups in total. The largest absolute Gasteiger partial charge is 0.129 e. The fourth-order valence-electron chi connectivity index (χ4n) is 1.89. The van der Waals surface area contributed by atoms with Gasteiger partial charge < -0.3 is 0 Å². The van der Waals surface area contributed by atoms with Crippen molar-refractivity contribution in [3.05, 3.63) is 64.7 Å². The summed E-state index contributed by atoms with van der Waals surface area (Å²) in [4.78, 5) is 1.23. The van der Waals surface area contributed by atoms with Crippen molar-refractivity contribution in [1.82, 2.24) is 0 Å². The molecule has 0 aliphatic heterocycles. The van der Waals surface area contributed by atoms with Gasteiger partial charge in [-0.15, -0.1) is 23.4 Å². The molecule has 94 valence electrons. The van der Waals surface area contributed by atoms with Crippen molar-refractivity contribution in [1.29, 1.82) is 0 Å². The molecule has 0 aliphatic rings. The molecule has 3 heteroatoms. The predicted molar refractivity (Wildman–Crippen MR) is 82.0 cm³/mol. The minimum atomic E-state index is -0.0476. The molecule has 2 aromatic rings. The topological polar surface area (TPSA) is 0 Å². The summed E-state index contributed by atoms with van der Waals surface area (Å²) in [7, 11) is 0. The van der Waals surface area contributed by atoms with Crippen LogP contribution in [0, 0.1) is 0 Å². The Balaban J connectivity index is 2.22. The lowest BCUT2D eigenvalue weighted by Crippen LogP contribution is -1.98. The van der Waals surface area contributed by atoms with E-state index < -0.39 is 0 Å². The van der Waals surface area contributed by atoms with Gasteiger partial charge in [0.25, 0.3) is 0 Å². The molecule has 0 aliphatic carbocycles. The third-order valence-corrected chi connectivity index (χ3v) is 4.40. The summed E-state index contributed by atoms with van der Waals surface area (Å²) >= 11 is 14.4. The SMILES string of the molecule is CSc1ccccc1C(Cl)Cc1ccccc1Cl. The highest BCUT2D eigenvalue weighted by Gasteiger charge is 2.13. The van der Waals surface area contributed by atoms with Crippen molar-refractivity contribution in [2.45, 2.75) is 16.7 Å². The molecule has 0 radical (unpaired) electrons. The van der Waals surface area contributed by atoms with Gasteiger partial charge >= 0.3 is 0 Å². The van der Waals surface area contributed by atoms with Gasteiger partial charge in [-0.05, 0) is 35.9 Å². The zero-order chi connectivity index (χ0) is 13.0. The lowest BCUT2D eigenvalue weighted by molar-refractivity contribution is 0.897. The van der Waals surface area contributed by atoms with Crippen molar-refractivity contribution in [3.8, 4) is 0 Å². The Labute approximate surface area is 122 Å². The first-order valence-corrected chi connectivity index (χ1v) is 7.76. The van der Waals surface area contributed by atoms with Crippen molar-refractivity contribution in [2.24, 2.45) is 0 Å². The second-order valence-electron chi connectivity index (χ2n) is 4.01. The lowest BCUT2D eigenvalue weighted by atomic mass is 10.0. The van der Waals surface area contributed by atoms with Crippen LogP contribution in [0.2, 0.25) is 5.02 Å². The van der Waals surface area contributed by atoms with Gasteiger partial charge in [0.15, 0.2) is 0 Å². The molecule has 0 spiro atoms. The van der Waals surface area contributed by atoms with Gasteiger partial charge in [-0.3, -0.25) is 0 Å². The molecule has 0 amide bonds. The van der Waals surface area contributed by atoms with Gasteiger partial charge in [0.1, 0.15) is 0 Å². The Morgan fingerprint density at radius 2 is 1.72 bits per heavy atom. The van der Waals surface area contributed by atoms with Crippen LogP contribution in [0.25, 0.3) is 0 Å². The van der Waals surface area contributed by atoms with Crippen LogP contribution >= 0.6 is 35.0 Å². The van der Waals surface area contributed by atoms with Gasteiger partial charge in [0.2, 0.25) is 0 Å². The van der Waals surface area contributed by atoms with Crippen molar-refractivity contribution >= 4 is 35.0 Å². The van der Waals surface area contributed by atoms with Crippen LogP contribution in [0.4, 0.5) is 0 Å². The van der Waals surface area contributed by atoms with E-state index in [4.69, 9.17) is 23.2 Å². The number of halogens is 2. The summed E-state index contributed by atoms with van der Waals surface area (Å²) < 4.78 is 0. The van der Waals surface area contributed by atoms with Crippen LogP contribution in [0.5, 0.6) is 0 Å². The maximum absolute atomic E-state index is 6.52. The summed E-state index contributed by atoms with van der Waals surface area (Å²) in [5.41, 5.74) is 2.27. The Hall–Kier alpha value is -0.630. The maximum atomic E-state index is 6.52. The first-order chi connectivity index (χ1) is 8.72. The number of thioether (sulfide) groups is 1. The molecule has 0 fully saturated rings. The highest BCUT2D eigenvalue weighted by molar-refractivity contribution is 7.98. The van der Waals surface area contributed by atoms with Crippen LogP contribution in [0.3, 0.4) is 0 Å². The zero-order valence-electron chi connectivity index (χ0n) is 10.1. The Bertz CT molecular complexity index is 525. The molecule has 1 atom stereocenters. The molecule has 0 aromatic heterocycles. The third kappa shape index (κ3) is 3.23. The summed E-state index contributed by atoms with van der Waals surface area (Å²) in [5, 5.41) is 0.735. The van der Waals surface area contributed by atoms with E-state index in [9.17, 15) is 0 Å². The van der Waals surface area contributed by atoms with E-state index in [-0.39, 0.29) is 5.38 Å². The van der Waals surface area contributed by atoms with Crippen molar-refractivity contribution in [3.63, 3.8) is 0 Å². The molecule has 0 saturated carbocycles. The molecular formula is C15H14Cl2S. The summed E-state index contributed by atoms with van der Waals surface area (Å²) in [6, 6.07) is 16.1. The van der Waals surface area contributed by atoms with Gasteiger partial charge in [0, 0.05) is 9.92 Å². The minimum Gasteiger partial charge on any atom is -0.129 e. The molecular weight excluding hydrogens is 283 g/mol. The van der Waals surface area contributed by atoms with Crippen LogP contribution < -0.4 is 0 Å². The normalized spacial score (nSPS) is 12.4. The second kappa shape index (κ2) is 6.51. The molecule has 0 saturated heterocycles. The molecule has 0 nitrogen and oxygen atoms in total. The van der Waals surface area contributed by atoms with Crippen LogP contribution in [0.1, 0.15) is 16.5 Å². The van der Waals surface area contributed by atoms with Crippen LogP contribution in [-0.4, -0.2) is 6.26 Å². The Morgan fingerprint density at radius 3 is 2.44 bits per heavy atom. The molecule has 18 heavy (non-hydrogen) atoms. The second-order valence-corrected chi connectivity index (χ2v) is 5.79. The fourth-order valence-corrected chi connectivity index (χ4v) is 3.19. The van der Waals surface area contributed by atoms with E-state index >= 15 is 0 Å². The molecule has 1 unspecified atom stereocenters. The van der Waals surface area contributed by atoms with Crippen LogP contribution in [-0.2, 0) is 6.42 Å². The highest BCUT2D eigenvalue weighted by atomic mass is 35.5. The van der Waals surface area contributed by atoms with Gasteiger partial charge in [-0.1, -0.05) is 48.0 Å². The molecule has 2 rings (SSSR count). The maximum Gasteiger partial charge on any atom is 0.0637 e. The Morgan fingerprint density at radius 1 is 1.06 bits per heavy atom. The van der Waals surface area contributed by atoms with E-state index in [0.29, 0.717) is 0 Å². The molecule has 2 aromatic carbocycles.